The molecule has 1 aromatic heterocycles. The van der Waals surface area contributed by atoms with Gasteiger partial charge in [0.2, 0.25) is 10.0 Å². The van der Waals surface area contributed by atoms with Gasteiger partial charge in [-0.25, -0.2) is 8.42 Å². The van der Waals surface area contributed by atoms with E-state index >= 15 is 0 Å². The Morgan fingerprint density at radius 3 is 2.41 bits per heavy atom. The van der Waals surface area contributed by atoms with E-state index in [2.05, 4.69) is 4.98 Å². The fraction of sp³-hybridized carbons (Fsp3) is 0.273. The van der Waals surface area contributed by atoms with E-state index in [1.54, 1.807) is 6.20 Å². The van der Waals surface area contributed by atoms with Gasteiger partial charge in [-0.15, -0.1) is 0 Å². The van der Waals surface area contributed by atoms with E-state index < -0.39 is 16.0 Å². The Kier molecular flexibility index (Phi) is 6.50. The van der Waals surface area contributed by atoms with Gasteiger partial charge in [0, 0.05) is 48.3 Å². The van der Waals surface area contributed by atoms with E-state index in [4.69, 9.17) is 16.3 Å². The van der Waals surface area contributed by atoms with Crippen molar-refractivity contribution >= 4 is 44.4 Å². The molecule has 3 aromatic rings. The van der Waals surface area contributed by atoms with Gasteiger partial charge in [-0.1, -0.05) is 29.8 Å². The van der Waals surface area contributed by atoms with Crippen molar-refractivity contribution in [1.82, 2.24) is 14.2 Å². The molecule has 0 bridgehead atoms. The van der Waals surface area contributed by atoms with Crippen molar-refractivity contribution < 1.29 is 22.7 Å². The van der Waals surface area contributed by atoms with Gasteiger partial charge in [0.1, 0.15) is 0 Å². The highest BCUT2D eigenvalue weighted by Gasteiger charge is 2.30. The maximum absolute atomic E-state index is 12.7. The lowest BCUT2D eigenvalue weighted by Crippen LogP contribution is -2.51. The Balaban J connectivity index is 1.27. The number of hydrogen-bond acceptors (Lipinski definition) is 5. The quantitative estimate of drug-likeness (QED) is 0.552. The lowest BCUT2D eigenvalue weighted by Gasteiger charge is -2.33. The number of amides is 1. The summed E-state index contributed by atoms with van der Waals surface area (Å²) in [7, 11) is -3.65. The number of rotatable bonds is 6. The molecular formula is C22H22ClN3O5S. The first-order valence-corrected chi connectivity index (χ1v) is 11.9. The Morgan fingerprint density at radius 1 is 1.00 bits per heavy atom. The monoisotopic (exact) mass is 475 g/mol. The van der Waals surface area contributed by atoms with Crippen LogP contribution in [-0.2, 0) is 30.8 Å². The van der Waals surface area contributed by atoms with Gasteiger partial charge in [0.05, 0.1) is 11.3 Å². The van der Waals surface area contributed by atoms with E-state index in [9.17, 15) is 18.0 Å². The molecular weight excluding hydrogens is 454 g/mol. The summed E-state index contributed by atoms with van der Waals surface area (Å²) in [6, 6.07) is 13.6. The molecule has 10 heteroatoms. The van der Waals surface area contributed by atoms with Gasteiger partial charge < -0.3 is 14.6 Å². The first-order valence-electron chi connectivity index (χ1n) is 10.1. The van der Waals surface area contributed by atoms with Crippen LogP contribution in [0.2, 0.25) is 5.02 Å². The van der Waals surface area contributed by atoms with Crippen LogP contribution in [0.15, 0.2) is 59.6 Å². The smallest absolute Gasteiger partial charge is 0.310 e. The molecule has 0 aliphatic carbocycles. The van der Waals surface area contributed by atoms with Crippen molar-refractivity contribution in [3.8, 4) is 0 Å². The number of carbonyl (C=O) groups excluding carboxylic acids is 2. The zero-order valence-corrected chi connectivity index (χ0v) is 18.7. The molecule has 0 saturated carbocycles. The largest absolute Gasteiger partial charge is 0.455 e. The van der Waals surface area contributed by atoms with Gasteiger partial charge in [0.25, 0.3) is 5.91 Å². The average molecular weight is 476 g/mol. The predicted octanol–water partition coefficient (Wildman–Crippen LogP) is 2.44. The number of piperazine rings is 1. The second-order valence-electron chi connectivity index (χ2n) is 7.44. The number of aromatic nitrogens is 1. The minimum Gasteiger partial charge on any atom is -0.455 e. The molecule has 32 heavy (non-hydrogen) atoms. The molecule has 8 nitrogen and oxygen atoms in total. The van der Waals surface area contributed by atoms with Gasteiger partial charge >= 0.3 is 5.97 Å². The third-order valence-electron chi connectivity index (χ3n) is 5.41. The number of nitrogens with zero attached hydrogens (tertiary/aromatic N) is 2. The molecule has 1 N–H and O–H groups in total. The van der Waals surface area contributed by atoms with Crippen LogP contribution in [0.25, 0.3) is 10.9 Å². The molecule has 0 radical (unpaired) electrons. The molecule has 1 amide bonds. The summed E-state index contributed by atoms with van der Waals surface area (Å²) in [5.41, 5.74) is 1.73. The summed E-state index contributed by atoms with van der Waals surface area (Å²) >= 11 is 5.83. The summed E-state index contributed by atoms with van der Waals surface area (Å²) in [5.74, 6) is -0.840. The standard InChI is InChI=1S/C22H22ClN3O5S/c23-17-5-7-18(8-6-17)32(29,30)26-11-9-25(10-12-26)21(27)15-31-22(28)13-16-14-24-20-4-2-1-3-19(16)20/h1-8,14,24H,9-13,15H2. The van der Waals surface area contributed by atoms with Crippen molar-refractivity contribution in [2.24, 2.45) is 0 Å². The zero-order chi connectivity index (χ0) is 22.7. The summed E-state index contributed by atoms with van der Waals surface area (Å²) in [5, 5.41) is 1.40. The number of carbonyl (C=O) groups is 2. The number of esters is 1. The first kappa shape index (κ1) is 22.3. The minimum absolute atomic E-state index is 0.0599. The summed E-state index contributed by atoms with van der Waals surface area (Å²) in [4.78, 5) is 29.4. The second-order valence-corrected chi connectivity index (χ2v) is 9.81. The highest BCUT2D eigenvalue weighted by atomic mass is 35.5. The van der Waals surface area contributed by atoms with Crippen LogP contribution in [0.4, 0.5) is 0 Å². The number of aromatic amines is 1. The molecule has 1 aliphatic rings. The van der Waals surface area contributed by atoms with E-state index in [-0.39, 0.29) is 50.0 Å². The number of sulfonamides is 1. The van der Waals surface area contributed by atoms with Crippen molar-refractivity contribution in [3.63, 3.8) is 0 Å². The van der Waals surface area contributed by atoms with E-state index in [0.29, 0.717) is 5.02 Å². The van der Waals surface area contributed by atoms with Crippen LogP contribution >= 0.6 is 11.6 Å². The van der Waals surface area contributed by atoms with E-state index in [0.717, 1.165) is 16.5 Å². The van der Waals surface area contributed by atoms with Crippen molar-refractivity contribution in [1.29, 1.82) is 0 Å². The SMILES string of the molecule is O=C(Cc1c[nH]c2ccccc12)OCC(=O)N1CCN(S(=O)(=O)c2ccc(Cl)cc2)CC1. The molecule has 1 aliphatic heterocycles. The van der Waals surface area contributed by atoms with Gasteiger partial charge in [-0.3, -0.25) is 9.59 Å². The number of H-pyrrole nitrogens is 1. The molecule has 0 spiro atoms. The molecule has 0 unspecified atom stereocenters. The number of hydrogen-bond donors (Lipinski definition) is 1. The highest BCUT2D eigenvalue weighted by Crippen LogP contribution is 2.20. The first-order chi connectivity index (χ1) is 15.3. The fourth-order valence-electron chi connectivity index (χ4n) is 3.65. The highest BCUT2D eigenvalue weighted by molar-refractivity contribution is 7.89. The summed E-state index contributed by atoms with van der Waals surface area (Å²) < 4.78 is 32.0. The molecule has 0 atom stereocenters. The Hall–Kier alpha value is -2.88. The van der Waals surface area contributed by atoms with E-state index in [1.807, 2.05) is 24.3 Å². The Bertz CT molecular complexity index is 1230. The lowest BCUT2D eigenvalue weighted by atomic mass is 10.1. The average Bonchev–Trinajstić information content (AvgIpc) is 3.20. The van der Waals surface area contributed by atoms with Crippen LogP contribution in [0, 0.1) is 0 Å². The third kappa shape index (κ3) is 4.79. The van der Waals surface area contributed by atoms with Crippen LogP contribution in [0.5, 0.6) is 0 Å². The Morgan fingerprint density at radius 2 is 1.69 bits per heavy atom. The number of nitrogens with one attached hydrogen (secondary N) is 1. The fourth-order valence-corrected chi connectivity index (χ4v) is 5.20. The summed E-state index contributed by atoms with van der Waals surface area (Å²) in [6.07, 6.45) is 1.82. The van der Waals surface area contributed by atoms with Crippen LogP contribution in [0.1, 0.15) is 5.56 Å². The van der Waals surface area contributed by atoms with E-state index in [1.165, 1.54) is 33.5 Å². The van der Waals surface area contributed by atoms with Crippen molar-refractivity contribution in [3.05, 3.63) is 65.3 Å². The summed E-state index contributed by atoms with van der Waals surface area (Å²) in [6.45, 7) is 0.419. The third-order valence-corrected chi connectivity index (χ3v) is 7.57. The maximum Gasteiger partial charge on any atom is 0.310 e. The number of benzene rings is 2. The molecule has 4 rings (SSSR count). The molecule has 2 heterocycles. The predicted molar refractivity (Wildman–Crippen MR) is 120 cm³/mol. The number of fused-ring (bicyclic) bond motifs is 1. The van der Waals surface area contributed by atoms with Crippen LogP contribution in [0.3, 0.4) is 0 Å². The lowest BCUT2D eigenvalue weighted by molar-refractivity contribution is -0.151. The Labute approximate surface area is 190 Å². The molecule has 1 saturated heterocycles. The van der Waals surface area contributed by atoms with Crippen LogP contribution in [-0.4, -0.2) is 67.3 Å². The number of halogens is 1. The zero-order valence-electron chi connectivity index (χ0n) is 17.2. The minimum atomic E-state index is -3.65. The van der Waals surface area contributed by atoms with Crippen molar-refractivity contribution in [2.75, 3.05) is 32.8 Å². The van der Waals surface area contributed by atoms with Gasteiger partial charge in [-0.2, -0.15) is 4.31 Å². The van der Waals surface area contributed by atoms with Gasteiger partial charge in [0.15, 0.2) is 6.61 Å². The number of para-hydroxylation sites is 1. The van der Waals surface area contributed by atoms with Gasteiger partial charge in [-0.05, 0) is 35.9 Å². The maximum atomic E-state index is 12.7. The van der Waals surface area contributed by atoms with Crippen LogP contribution < -0.4 is 0 Å². The molecule has 168 valence electrons. The second kappa shape index (κ2) is 9.32. The number of ether oxygens (including phenoxy) is 1. The van der Waals surface area contributed by atoms with Crippen molar-refractivity contribution in [2.45, 2.75) is 11.3 Å². The topological polar surface area (TPSA) is 99.8 Å². The normalized spacial score (nSPS) is 15.1. The molecule has 1 fully saturated rings. The molecule has 2 aromatic carbocycles.